The Morgan fingerprint density at radius 2 is 2.05 bits per heavy atom. The first-order valence-corrected chi connectivity index (χ1v) is 8.31. The molecule has 0 radical (unpaired) electrons. The molecule has 0 unspecified atom stereocenters. The second kappa shape index (κ2) is 8.79. The summed E-state index contributed by atoms with van der Waals surface area (Å²) in [6.45, 7) is 5.52. The molecule has 0 saturated carbocycles. The molecule has 4 heteroatoms. The van der Waals surface area contributed by atoms with Crippen LogP contribution < -0.4 is 10.1 Å². The average Bonchev–Trinajstić information content (AvgIpc) is 2.54. The normalized spacial score (nSPS) is 15.8. The third-order valence-corrected chi connectivity index (χ3v) is 4.35. The van der Waals surface area contributed by atoms with Crippen molar-refractivity contribution in [3.63, 3.8) is 0 Å². The van der Waals surface area contributed by atoms with Gasteiger partial charge < -0.3 is 15.0 Å². The van der Waals surface area contributed by atoms with Gasteiger partial charge in [0.2, 0.25) is 5.91 Å². The van der Waals surface area contributed by atoms with Crippen molar-refractivity contribution in [2.75, 3.05) is 33.3 Å². The molecule has 1 amide bonds. The van der Waals surface area contributed by atoms with E-state index in [1.54, 1.807) is 0 Å². The van der Waals surface area contributed by atoms with Crippen molar-refractivity contribution in [1.82, 2.24) is 10.2 Å². The fourth-order valence-electron chi connectivity index (χ4n) is 2.96. The Hall–Kier alpha value is -1.55. The number of aryl methyl sites for hydroxylation is 1. The summed E-state index contributed by atoms with van der Waals surface area (Å²) in [6, 6.07) is 7.99. The Kier molecular flexibility index (Phi) is 6.72. The van der Waals surface area contributed by atoms with E-state index in [9.17, 15) is 4.79 Å². The molecule has 0 atom stereocenters. The summed E-state index contributed by atoms with van der Waals surface area (Å²) >= 11 is 0. The number of carbonyl (C=O) groups is 1. The van der Waals surface area contributed by atoms with Crippen LogP contribution >= 0.6 is 0 Å². The fraction of sp³-hybridized carbons (Fsp3) is 0.611. The first-order chi connectivity index (χ1) is 10.7. The fourth-order valence-corrected chi connectivity index (χ4v) is 2.96. The van der Waals surface area contributed by atoms with Crippen LogP contribution in [0, 0.1) is 12.8 Å². The van der Waals surface area contributed by atoms with Crippen molar-refractivity contribution in [3.8, 4) is 5.75 Å². The third-order valence-electron chi connectivity index (χ3n) is 4.35. The SMILES string of the molecule is CNCC1CCN(C(=O)CCCOc2ccccc2C)CC1. The van der Waals surface area contributed by atoms with E-state index in [-0.39, 0.29) is 5.91 Å². The first-order valence-electron chi connectivity index (χ1n) is 8.31. The topological polar surface area (TPSA) is 41.6 Å². The number of piperidine rings is 1. The highest BCUT2D eigenvalue weighted by Crippen LogP contribution is 2.18. The summed E-state index contributed by atoms with van der Waals surface area (Å²) in [6.07, 6.45) is 3.60. The molecule has 0 spiro atoms. The van der Waals surface area contributed by atoms with Crippen LogP contribution in [0.5, 0.6) is 5.75 Å². The molecule has 4 nitrogen and oxygen atoms in total. The van der Waals surface area contributed by atoms with Crippen molar-refractivity contribution in [2.24, 2.45) is 5.92 Å². The van der Waals surface area contributed by atoms with E-state index in [0.717, 1.165) is 56.1 Å². The smallest absolute Gasteiger partial charge is 0.222 e. The number of amides is 1. The van der Waals surface area contributed by atoms with Crippen LogP contribution in [-0.2, 0) is 4.79 Å². The predicted molar refractivity (Wildman–Crippen MR) is 89.1 cm³/mol. The van der Waals surface area contributed by atoms with Crippen LogP contribution in [0.15, 0.2) is 24.3 Å². The monoisotopic (exact) mass is 304 g/mol. The van der Waals surface area contributed by atoms with Gasteiger partial charge in [-0.3, -0.25) is 4.79 Å². The molecule has 1 aliphatic heterocycles. The van der Waals surface area contributed by atoms with Gasteiger partial charge in [-0.05, 0) is 57.3 Å². The highest BCUT2D eigenvalue weighted by Gasteiger charge is 2.21. The van der Waals surface area contributed by atoms with Crippen LogP contribution in [0.2, 0.25) is 0 Å². The highest BCUT2D eigenvalue weighted by molar-refractivity contribution is 5.76. The van der Waals surface area contributed by atoms with E-state index in [0.29, 0.717) is 13.0 Å². The van der Waals surface area contributed by atoms with Gasteiger partial charge in [0.25, 0.3) is 0 Å². The zero-order valence-corrected chi connectivity index (χ0v) is 13.8. The number of nitrogens with one attached hydrogen (secondary N) is 1. The number of hydrogen-bond acceptors (Lipinski definition) is 3. The molecule has 1 heterocycles. The van der Waals surface area contributed by atoms with Crippen LogP contribution in [-0.4, -0.2) is 44.1 Å². The number of para-hydroxylation sites is 1. The predicted octanol–water partition coefficient (Wildman–Crippen LogP) is 2.61. The molecule has 0 aromatic heterocycles. The first kappa shape index (κ1) is 16.8. The van der Waals surface area contributed by atoms with E-state index >= 15 is 0 Å². The van der Waals surface area contributed by atoms with Crippen molar-refractivity contribution in [3.05, 3.63) is 29.8 Å². The standard InChI is InChI=1S/C18H28N2O2/c1-15-6-3-4-7-17(15)22-13-5-8-18(21)20-11-9-16(10-12-20)14-19-2/h3-4,6-7,16,19H,5,8-14H2,1-2H3. The lowest BCUT2D eigenvalue weighted by molar-refractivity contribution is -0.132. The Balaban J connectivity index is 1.63. The molecule has 122 valence electrons. The van der Waals surface area contributed by atoms with Gasteiger partial charge in [-0.2, -0.15) is 0 Å². The average molecular weight is 304 g/mol. The Morgan fingerprint density at radius 3 is 2.73 bits per heavy atom. The Morgan fingerprint density at radius 1 is 1.32 bits per heavy atom. The van der Waals surface area contributed by atoms with Crippen LogP contribution in [0.25, 0.3) is 0 Å². The lowest BCUT2D eigenvalue weighted by Crippen LogP contribution is -2.40. The van der Waals surface area contributed by atoms with Crippen LogP contribution in [0.1, 0.15) is 31.2 Å². The molecule has 1 aromatic carbocycles. The summed E-state index contributed by atoms with van der Waals surface area (Å²) < 4.78 is 5.74. The minimum atomic E-state index is 0.274. The molecule has 1 aromatic rings. The second-order valence-electron chi connectivity index (χ2n) is 6.10. The Labute approximate surface area is 133 Å². The molecule has 0 bridgehead atoms. The molecule has 22 heavy (non-hydrogen) atoms. The summed E-state index contributed by atoms with van der Waals surface area (Å²) in [7, 11) is 1.99. The quantitative estimate of drug-likeness (QED) is 0.787. The second-order valence-corrected chi connectivity index (χ2v) is 6.10. The van der Waals surface area contributed by atoms with Gasteiger partial charge in [0.05, 0.1) is 6.61 Å². The summed E-state index contributed by atoms with van der Waals surface area (Å²) in [5.41, 5.74) is 1.14. The number of rotatable bonds is 7. The van der Waals surface area contributed by atoms with Gasteiger partial charge in [-0.1, -0.05) is 18.2 Å². The lowest BCUT2D eigenvalue weighted by atomic mass is 9.96. The molecule has 1 fully saturated rings. The van der Waals surface area contributed by atoms with Crippen molar-refractivity contribution in [1.29, 1.82) is 0 Å². The maximum atomic E-state index is 12.2. The van der Waals surface area contributed by atoms with Gasteiger partial charge in [0.1, 0.15) is 5.75 Å². The number of likely N-dealkylation sites (tertiary alicyclic amines) is 1. The van der Waals surface area contributed by atoms with Gasteiger partial charge in [-0.25, -0.2) is 0 Å². The molecule has 2 rings (SSSR count). The van der Waals surface area contributed by atoms with Crippen molar-refractivity contribution >= 4 is 5.91 Å². The van der Waals surface area contributed by atoms with E-state index in [1.807, 2.05) is 43.1 Å². The number of hydrogen-bond donors (Lipinski definition) is 1. The largest absolute Gasteiger partial charge is 0.493 e. The van der Waals surface area contributed by atoms with E-state index < -0.39 is 0 Å². The number of ether oxygens (including phenoxy) is 1. The Bertz CT molecular complexity index is 468. The maximum absolute atomic E-state index is 12.2. The number of nitrogens with zero attached hydrogens (tertiary/aromatic N) is 1. The number of carbonyl (C=O) groups excluding carboxylic acids is 1. The zero-order valence-electron chi connectivity index (χ0n) is 13.8. The van der Waals surface area contributed by atoms with Crippen LogP contribution in [0.4, 0.5) is 0 Å². The van der Waals surface area contributed by atoms with Crippen molar-refractivity contribution < 1.29 is 9.53 Å². The van der Waals surface area contributed by atoms with E-state index in [2.05, 4.69) is 5.32 Å². The molecular formula is C18H28N2O2. The van der Waals surface area contributed by atoms with Gasteiger partial charge in [-0.15, -0.1) is 0 Å². The van der Waals surface area contributed by atoms with Gasteiger partial charge in [0, 0.05) is 19.5 Å². The molecule has 1 N–H and O–H groups in total. The van der Waals surface area contributed by atoms with Gasteiger partial charge >= 0.3 is 0 Å². The van der Waals surface area contributed by atoms with Crippen molar-refractivity contribution in [2.45, 2.75) is 32.6 Å². The summed E-state index contributed by atoms with van der Waals surface area (Å²) in [5.74, 6) is 1.91. The molecule has 0 aliphatic carbocycles. The highest BCUT2D eigenvalue weighted by atomic mass is 16.5. The maximum Gasteiger partial charge on any atom is 0.222 e. The minimum Gasteiger partial charge on any atom is -0.493 e. The molecule has 1 aliphatic rings. The molecular weight excluding hydrogens is 276 g/mol. The van der Waals surface area contributed by atoms with Gasteiger partial charge in [0.15, 0.2) is 0 Å². The summed E-state index contributed by atoms with van der Waals surface area (Å²) in [5, 5.41) is 3.22. The van der Waals surface area contributed by atoms with E-state index in [1.165, 1.54) is 0 Å². The van der Waals surface area contributed by atoms with Crippen LogP contribution in [0.3, 0.4) is 0 Å². The molecule has 1 saturated heterocycles. The summed E-state index contributed by atoms with van der Waals surface area (Å²) in [4.78, 5) is 14.2. The lowest BCUT2D eigenvalue weighted by Gasteiger charge is -2.32. The van der Waals surface area contributed by atoms with E-state index in [4.69, 9.17) is 4.74 Å². The minimum absolute atomic E-state index is 0.274. The zero-order chi connectivity index (χ0) is 15.8. The number of benzene rings is 1. The third kappa shape index (κ3) is 5.02.